The summed E-state index contributed by atoms with van der Waals surface area (Å²) < 4.78 is 4.97. The van der Waals surface area contributed by atoms with Gasteiger partial charge in [0.05, 0.1) is 6.61 Å². The van der Waals surface area contributed by atoms with Gasteiger partial charge >= 0.3 is 5.97 Å². The normalized spacial score (nSPS) is 26.6. The molecule has 1 unspecified atom stereocenters. The molecule has 2 nitrogen and oxygen atoms in total. The third-order valence-corrected chi connectivity index (χ3v) is 3.60. The Bertz CT molecular complexity index is 245. The Labute approximate surface area is 76.4 Å². The molecule has 1 saturated heterocycles. The number of esters is 1. The zero-order valence-corrected chi connectivity index (χ0v) is 7.95. The number of carbonyl (C=O) groups is 1. The van der Waals surface area contributed by atoms with Gasteiger partial charge in [-0.3, -0.25) is 0 Å². The van der Waals surface area contributed by atoms with E-state index in [1.807, 2.05) is 18.7 Å². The highest BCUT2D eigenvalue weighted by Crippen LogP contribution is 2.45. The zero-order chi connectivity index (χ0) is 8.55. The second-order valence-electron chi connectivity index (χ2n) is 3.05. The number of rotatable bonds is 2. The number of thioether (sulfide) groups is 1. The lowest BCUT2D eigenvalue weighted by Crippen LogP contribution is -2.32. The molecular weight excluding hydrogens is 172 g/mol. The number of ether oxygens (including phenoxy) is 1. The van der Waals surface area contributed by atoms with Crippen LogP contribution in [0.25, 0.3) is 0 Å². The maximum atomic E-state index is 11.3. The fraction of sp³-hybridized carbons (Fsp3) is 0.667. The van der Waals surface area contributed by atoms with Gasteiger partial charge in [0.2, 0.25) is 0 Å². The molecule has 0 saturated carbocycles. The summed E-state index contributed by atoms with van der Waals surface area (Å²) in [6, 6.07) is 0. The molecule has 3 aliphatic rings. The molecule has 2 aliphatic heterocycles. The van der Waals surface area contributed by atoms with E-state index in [0.29, 0.717) is 11.9 Å². The summed E-state index contributed by atoms with van der Waals surface area (Å²) in [7, 11) is 0. The van der Waals surface area contributed by atoms with Crippen LogP contribution < -0.4 is 0 Å². The Morgan fingerprint density at radius 2 is 2.58 bits per heavy atom. The molecule has 1 fully saturated rings. The maximum Gasteiger partial charge on any atom is 0.335 e. The molecule has 12 heavy (non-hydrogen) atoms. The predicted molar refractivity (Wildman–Crippen MR) is 49.1 cm³/mol. The lowest BCUT2D eigenvalue weighted by molar-refractivity contribution is -0.139. The fourth-order valence-corrected chi connectivity index (χ4v) is 3.12. The first-order valence-corrected chi connectivity index (χ1v) is 5.38. The monoisotopic (exact) mass is 184 g/mol. The third-order valence-electron chi connectivity index (χ3n) is 2.35. The molecule has 2 bridgehead atoms. The Morgan fingerprint density at radius 3 is 3.08 bits per heavy atom. The van der Waals surface area contributed by atoms with E-state index in [1.54, 1.807) is 0 Å². The predicted octanol–water partition coefficient (Wildman–Crippen LogP) is 1.76. The molecule has 0 radical (unpaired) electrons. The lowest BCUT2D eigenvalue weighted by Gasteiger charge is -2.36. The Balaban J connectivity index is 2.09. The van der Waals surface area contributed by atoms with Crippen molar-refractivity contribution >= 4 is 17.7 Å². The van der Waals surface area contributed by atoms with Crippen molar-refractivity contribution in [3.63, 3.8) is 0 Å². The van der Waals surface area contributed by atoms with E-state index >= 15 is 0 Å². The van der Waals surface area contributed by atoms with E-state index in [-0.39, 0.29) is 5.97 Å². The summed E-state index contributed by atoms with van der Waals surface area (Å²) in [6.07, 6.45) is 2.22. The highest BCUT2D eigenvalue weighted by atomic mass is 32.2. The SMILES string of the molecule is CCOC(=O)C1=C2CCSC1C2. The molecule has 1 aliphatic carbocycles. The first-order valence-electron chi connectivity index (χ1n) is 4.33. The Morgan fingerprint density at radius 1 is 1.75 bits per heavy atom. The molecule has 0 aromatic carbocycles. The summed E-state index contributed by atoms with van der Waals surface area (Å²) in [5, 5.41) is 0.466. The van der Waals surface area contributed by atoms with Gasteiger partial charge in [-0.25, -0.2) is 4.79 Å². The van der Waals surface area contributed by atoms with E-state index in [9.17, 15) is 4.79 Å². The molecule has 0 spiro atoms. The highest BCUT2D eigenvalue weighted by molar-refractivity contribution is 8.00. The first kappa shape index (κ1) is 8.17. The summed E-state index contributed by atoms with van der Waals surface area (Å²) in [6.45, 7) is 2.34. The van der Waals surface area contributed by atoms with Gasteiger partial charge in [0.25, 0.3) is 0 Å². The minimum Gasteiger partial charge on any atom is -0.463 e. The van der Waals surface area contributed by atoms with Gasteiger partial charge in [-0.15, -0.1) is 0 Å². The second-order valence-corrected chi connectivity index (χ2v) is 4.36. The minimum absolute atomic E-state index is 0.0732. The van der Waals surface area contributed by atoms with Gasteiger partial charge in [0, 0.05) is 10.8 Å². The van der Waals surface area contributed by atoms with Crippen LogP contribution in [0.4, 0.5) is 0 Å². The lowest BCUT2D eigenvalue weighted by atomic mass is 9.85. The minimum atomic E-state index is -0.0732. The van der Waals surface area contributed by atoms with Gasteiger partial charge in [-0.05, 0) is 25.5 Å². The van der Waals surface area contributed by atoms with Crippen molar-refractivity contribution in [3.05, 3.63) is 11.1 Å². The standard InChI is InChI=1S/C9H12O2S/c1-2-11-9(10)8-6-3-4-12-7(8)5-6/h7H,2-5H2,1H3. The molecule has 1 atom stereocenters. The number of hydrogen-bond acceptors (Lipinski definition) is 3. The van der Waals surface area contributed by atoms with Crippen LogP contribution >= 0.6 is 11.8 Å². The van der Waals surface area contributed by atoms with Crippen LogP contribution in [-0.2, 0) is 9.53 Å². The van der Waals surface area contributed by atoms with E-state index in [1.165, 1.54) is 11.3 Å². The Hall–Kier alpha value is -0.440. The average molecular weight is 184 g/mol. The topological polar surface area (TPSA) is 26.3 Å². The smallest absolute Gasteiger partial charge is 0.335 e. The van der Waals surface area contributed by atoms with Crippen LogP contribution in [0.5, 0.6) is 0 Å². The summed E-state index contributed by atoms with van der Waals surface area (Å²) in [4.78, 5) is 11.3. The van der Waals surface area contributed by atoms with Gasteiger partial charge < -0.3 is 4.74 Å². The van der Waals surface area contributed by atoms with Crippen molar-refractivity contribution in [1.29, 1.82) is 0 Å². The highest BCUT2D eigenvalue weighted by Gasteiger charge is 2.38. The molecule has 66 valence electrons. The van der Waals surface area contributed by atoms with Gasteiger partial charge in [-0.1, -0.05) is 5.57 Å². The molecule has 0 aromatic heterocycles. The number of carbonyl (C=O) groups excluding carboxylic acids is 1. The van der Waals surface area contributed by atoms with Gasteiger partial charge in [0.15, 0.2) is 0 Å². The van der Waals surface area contributed by atoms with Crippen molar-refractivity contribution < 1.29 is 9.53 Å². The van der Waals surface area contributed by atoms with Crippen LogP contribution in [0.1, 0.15) is 19.8 Å². The fourth-order valence-electron chi connectivity index (χ4n) is 1.72. The quantitative estimate of drug-likeness (QED) is 0.612. The maximum absolute atomic E-state index is 11.3. The van der Waals surface area contributed by atoms with E-state index in [0.717, 1.165) is 18.4 Å². The number of hydrogen-bond donors (Lipinski definition) is 0. The summed E-state index contributed by atoms with van der Waals surface area (Å²) >= 11 is 1.89. The summed E-state index contributed by atoms with van der Waals surface area (Å²) in [5.74, 6) is 1.11. The zero-order valence-electron chi connectivity index (χ0n) is 7.13. The van der Waals surface area contributed by atoms with Crippen LogP contribution in [0.15, 0.2) is 11.1 Å². The molecule has 0 N–H and O–H groups in total. The first-order chi connectivity index (χ1) is 5.83. The largest absolute Gasteiger partial charge is 0.463 e. The second kappa shape index (κ2) is 3.13. The molecular formula is C9H12O2S. The van der Waals surface area contributed by atoms with Crippen molar-refractivity contribution in [2.75, 3.05) is 12.4 Å². The van der Waals surface area contributed by atoms with Crippen molar-refractivity contribution in [2.45, 2.75) is 25.0 Å². The molecule has 0 aromatic rings. The van der Waals surface area contributed by atoms with E-state index in [4.69, 9.17) is 4.74 Å². The average Bonchev–Trinajstić information content (AvgIpc) is 2.05. The van der Waals surface area contributed by atoms with E-state index < -0.39 is 0 Å². The summed E-state index contributed by atoms with van der Waals surface area (Å²) in [5.41, 5.74) is 2.32. The van der Waals surface area contributed by atoms with Gasteiger partial charge in [-0.2, -0.15) is 11.8 Å². The van der Waals surface area contributed by atoms with Crippen molar-refractivity contribution in [2.24, 2.45) is 0 Å². The van der Waals surface area contributed by atoms with E-state index in [2.05, 4.69) is 0 Å². The number of allylic oxidation sites excluding steroid dienone is 1. The van der Waals surface area contributed by atoms with Crippen LogP contribution in [0, 0.1) is 0 Å². The molecule has 3 rings (SSSR count). The third kappa shape index (κ3) is 1.16. The van der Waals surface area contributed by atoms with Crippen LogP contribution in [0.2, 0.25) is 0 Å². The molecule has 2 heterocycles. The Kier molecular flexibility index (Phi) is 2.13. The number of fused-ring (bicyclic) bond motifs is 2. The molecule has 3 heteroatoms. The van der Waals surface area contributed by atoms with Crippen LogP contribution in [0.3, 0.4) is 0 Å². The molecule has 0 amide bonds. The van der Waals surface area contributed by atoms with Crippen molar-refractivity contribution in [1.82, 2.24) is 0 Å². The van der Waals surface area contributed by atoms with Gasteiger partial charge in [0.1, 0.15) is 0 Å². The van der Waals surface area contributed by atoms with Crippen LogP contribution in [-0.4, -0.2) is 23.6 Å². The van der Waals surface area contributed by atoms with Crippen molar-refractivity contribution in [3.8, 4) is 0 Å².